The van der Waals surface area contributed by atoms with Crippen LogP contribution in [0.5, 0.6) is 0 Å². The minimum absolute atomic E-state index is 0.143. The zero-order chi connectivity index (χ0) is 24.3. The summed E-state index contributed by atoms with van der Waals surface area (Å²) in [5, 5.41) is 3.11. The van der Waals surface area contributed by atoms with Crippen LogP contribution in [0.3, 0.4) is 0 Å². The van der Waals surface area contributed by atoms with Crippen molar-refractivity contribution in [2.75, 3.05) is 33.0 Å². The van der Waals surface area contributed by atoms with Crippen molar-refractivity contribution in [3.63, 3.8) is 0 Å². The lowest BCUT2D eigenvalue weighted by atomic mass is 10.1. The van der Waals surface area contributed by atoms with E-state index < -0.39 is 20.7 Å². The summed E-state index contributed by atoms with van der Waals surface area (Å²) in [6.45, 7) is 10.5. The Hall–Kier alpha value is -1.31. The van der Waals surface area contributed by atoms with Crippen molar-refractivity contribution in [2.24, 2.45) is 0 Å². The quantitative estimate of drug-likeness (QED) is 0.233. The maximum atomic E-state index is 13.5. The Kier molecular flexibility index (Phi) is 11.5. The van der Waals surface area contributed by atoms with Gasteiger partial charge in [0.2, 0.25) is 5.52 Å². The zero-order valence-electron chi connectivity index (χ0n) is 20.2. The molecule has 0 unspecified atom stereocenters. The molecule has 0 bridgehead atoms. The third kappa shape index (κ3) is 7.33. The van der Waals surface area contributed by atoms with Crippen molar-refractivity contribution in [2.45, 2.75) is 53.1 Å². The predicted molar refractivity (Wildman–Crippen MR) is 131 cm³/mol. The summed E-state index contributed by atoms with van der Waals surface area (Å²) in [4.78, 5) is 4.55. The Morgan fingerprint density at radius 2 is 1.42 bits per heavy atom. The van der Waals surface area contributed by atoms with Gasteiger partial charge >= 0.3 is 15.2 Å². The Balaban J connectivity index is 2.14. The van der Waals surface area contributed by atoms with E-state index in [4.69, 9.17) is 18.1 Å². The average molecular weight is 502 g/mol. The number of hydrogen-bond donors (Lipinski definition) is 1. The molecule has 1 heterocycles. The lowest BCUT2D eigenvalue weighted by molar-refractivity contribution is 0.190. The van der Waals surface area contributed by atoms with Gasteiger partial charge in [0.1, 0.15) is 0 Å². The lowest BCUT2D eigenvalue weighted by Gasteiger charge is -2.31. The molecule has 0 radical (unpaired) electrons. The van der Waals surface area contributed by atoms with Gasteiger partial charge in [0.05, 0.1) is 38.4 Å². The Morgan fingerprint density at radius 3 is 1.91 bits per heavy atom. The molecular weight excluding hydrogens is 464 g/mol. The normalized spacial score (nSPS) is 12.5. The number of nitrogens with one attached hydrogen (secondary N) is 1. The van der Waals surface area contributed by atoms with E-state index in [2.05, 4.69) is 14.9 Å². The van der Waals surface area contributed by atoms with Crippen molar-refractivity contribution in [3.8, 4) is 11.3 Å². The Morgan fingerprint density at radius 1 is 0.909 bits per heavy atom. The zero-order valence-corrected chi connectivity index (χ0v) is 22.0. The fourth-order valence-electron chi connectivity index (χ4n) is 3.50. The van der Waals surface area contributed by atoms with Gasteiger partial charge in [-0.05, 0) is 47.6 Å². The summed E-state index contributed by atoms with van der Waals surface area (Å²) >= 11 is 0. The first-order valence-corrected chi connectivity index (χ1v) is 14.7. The summed E-state index contributed by atoms with van der Waals surface area (Å²) in [6, 6.07) is 10.0. The van der Waals surface area contributed by atoms with E-state index in [1.807, 2.05) is 43.6 Å². The van der Waals surface area contributed by atoms with E-state index >= 15 is 0 Å². The molecule has 11 heteroatoms. The molecule has 0 saturated carbocycles. The van der Waals surface area contributed by atoms with E-state index in [9.17, 15) is 9.13 Å². The van der Waals surface area contributed by atoms with Crippen molar-refractivity contribution in [1.82, 2.24) is 14.9 Å². The van der Waals surface area contributed by atoms with E-state index in [-0.39, 0.29) is 26.4 Å². The van der Waals surface area contributed by atoms with Crippen LogP contribution in [0.2, 0.25) is 0 Å². The first kappa shape index (κ1) is 27.9. The van der Waals surface area contributed by atoms with Gasteiger partial charge in [-0.3, -0.25) is 14.4 Å². The maximum absolute atomic E-state index is 13.5. The van der Waals surface area contributed by atoms with Crippen LogP contribution in [0.1, 0.15) is 39.8 Å². The molecule has 0 aliphatic rings. The Bertz CT molecular complexity index is 887. The van der Waals surface area contributed by atoms with Crippen molar-refractivity contribution in [3.05, 3.63) is 42.4 Å². The third-order valence-corrected chi connectivity index (χ3v) is 10.6. The molecule has 0 saturated heterocycles. The highest BCUT2D eigenvalue weighted by atomic mass is 31.2. The molecule has 0 fully saturated rings. The fourth-order valence-corrected chi connectivity index (χ4v) is 8.55. The van der Waals surface area contributed by atoms with Gasteiger partial charge in [0, 0.05) is 17.8 Å². The van der Waals surface area contributed by atoms with E-state index in [1.54, 1.807) is 27.7 Å². The first-order valence-electron chi connectivity index (χ1n) is 11.4. The second-order valence-electron chi connectivity index (χ2n) is 7.17. The lowest BCUT2D eigenvalue weighted by Crippen LogP contribution is -2.33. The molecule has 0 spiro atoms. The number of imidazole rings is 1. The second kappa shape index (κ2) is 13.5. The number of aromatic nitrogens is 2. The van der Waals surface area contributed by atoms with Crippen LogP contribution in [0.25, 0.3) is 11.3 Å². The van der Waals surface area contributed by atoms with Gasteiger partial charge in [0.15, 0.2) is 0 Å². The van der Waals surface area contributed by atoms with Crippen molar-refractivity contribution >= 4 is 15.2 Å². The van der Waals surface area contributed by atoms with Crippen LogP contribution in [0, 0.1) is 6.92 Å². The van der Waals surface area contributed by atoms with Crippen LogP contribution in [0.4, 0.5) is 0 Å². The summed E-state index contributed by atoms with van der Waals surface area (Å²) in [5.41, 5.74) is 1.85. The van der Waals surface area contributed by atoms with Crippen molar-refractivity contribution in [1.29, 1.82) is 0 Å². The van der Waals surface area contributed by atoms with Crippen molar-refractivity contribution < 1.29 is 27.2 Å². The summed E-state index contributed by atoms with van der Waals surface area (Å²) in [7, 11) is -7.62. The molecular formula is C22H37N3O6P2. The monoisotopic (exact) mass is 501 g/mol. The Labute approximate surface area is 197 Å². The van der Waals surface area contributed by atoms with Gasteiger partial charge in [-0.1, -0.05) is 30.3 Å². The van der Waals surface area contributed by atoms with Crippen LogP contribution in [-0.4, -0.2) is 48.0 Å². The molecule has 33 heavy (non-hydrogen) atoms. The largest absolute Gasteiger partial charge is 0.359 e. The molecule has 1 N–H and O–H groups in total. The standard InChI is InChI=1S/C22H37N3O6P2/c1-6-28-32(26,29-7-2)22(33(27,30-8-3)31-9-4)23-16-13-17-25-18-24-21(19(25)5)20-14-11-10-12-15-20/h10-12,14-15,18,22-23H,6-9,13,16-17H2,1-5H3. The van der Waals surface area contributed by atoms with Crippen LogP contribution in [-0.2, 0) is 33.8 Å². The van der Waals surface area contributed by atoms with Gasteiger partial charge < -0.3 is 22.7 Å². The van der Waals surface area contributed by atoms with Gasteiger partial charge in [-0.25, -0.2) is 4.98 Å². The molecule has 2 rings (SSSR count). The number of benzene rings is 1. The van der Waals surface area contributed by atoms with Gasteiger partial charge in [0.25, 0.3) is 0 Å². The highest BCUT2D eigenvalue weighted by Gasteiger charge is 2.50. The summed E-state index contributed by atoms with van der Waals surface area (Å²) in [6.07, 6.45) is 2.48. The van der Waals surface area contributed by atoms with E-state index in [1.165, 1.54) is 0 Å². The summed E-state index contributed by atoms with van der Waals surface area (Å²) < 4.78 is 51.1. The van der Waals surface area contributed by atoms with Crippen LogP contribution in [0.15, 0.2) is 36.7 Å². The van der Waals surface area contributed by atoms with Gasteiger partial charge in [-0.2, -0.15) is 0 Å². The minimum Gasteiger partial charge on any atom is -0.334 e. The highest BCUT2D eigenvalue weighted by Crippen LogP contribution is 2.69. The molecule has 0 aliphatic heterocycles. The molecule has 9 nitrogen and oxygen atoms in total. The predicted octanol–water partition coefficient (Wildman–Crippen LogP) is 5.65. The number of aryl methyl sites for hydroxylation is 1. The fraction of sp³-hybridized carbons (Fsp3) is 0.591. The summed E-state index contributed by atoms with van der Waals surface area (Å²) in [5.74, 6) is 0. The maximum Gasteiger partial charge on any atom is 0.359 e. The molecule has 1 aromatic carbocycles. The first-order chi connectivity index (χ1) is 15.8. The topological polar surface area (TPSA) is 101 Å². The van der Waals surface area contributed by atoms with E-state index in [0.29, 0.717) is 19.5 Å². The molecule has 2 aromatic rings. The molecule has 0 atom stereocenters. The number of hydrogen-bond acceptors (Lipinski definition) is 8. The number of nitrogens with zero attached hydrogens (tertiary/aromatic N) is 2. The third-order valence-electron chi connectivity index (χ3n) is 4.88. The molecule has 0 amide bonds. The minimum atomic E-state index is -3.81. The smallest absolute Gasteiger partial charge is 0.334 e. The van der Waals surface area contributed by atoms with Crippen LogP contribution < -0.4 is 5.32 Å². The second-order valence-corrected chi connectivity index (χ2v) is 11.8. The average Bonchev–Trinajstić information content (AvgIpc) is 3.15. The molecule has 1 aromatic heterocycles. The van der Waals surface area contributed by atoms with Crippen LogP contribution >= 0.6 is 15.2 Å². The molecule has 0 aliphatic carbocycles. The highest BCUT2D eigenvalue weighted by molar-refractivity contribution is 7.72. The van der Waals surface area contributed by atoms with Gasteiger partial charge in [-0.15, -0.1) is 0 Å². The number of rotatable bonds is 16. The van der Waals surface area contributed by atoms with E-state index in [0.717, 1.165) is 17.0 Å². The SMILES string of the molecule is CCOP(=O)(OCC)C(NCCCn1cnc(-c2ccccc2)c1C)P(=O)(OCC)OCC. The molecule has 186 valence electrons.